The van der Waals surface area contributed by atoms with Crippen LogP contribution in [0.5, 0.6) is 11.5 Å². The van der Waals surface area contributed by atoms with Crippen molar-refractivity contribution in [1.82, 2.24) is 9.80 Å². The van der Waals surface area contributed by atoms with E-state index in [1.807, 2.05) is 4.90 Å². The van der Waals surface area contributed by atoms with Crippen molar-refractivity contribution in [2.45, 2.75) is 45.6 Å². The van der Waals surface area contributed by atoms with E-state index in [0.717, 1.165) is 42.0 Å². The smallest absolute Gasteiger partial charge is 0.226 e. The lowest BCUT2D eigenvalue weighted by Crippen LogP contribution is -2.39. The Morgan fingerprint density at radius 3 is 2.78 bits per heavy atom. The summed E-state index contributed by atoms with van der Waals surface area (Å²) in [6.45, 7) is 6.86. The van der Waals surface area contributed by atoms with E-state index in [0.29, 0.717) is 32.2 Å². The maximum absolute atomic E-state index is 13.0. The zero-order valence-corrected chi connectivity index (χ0v) is 20.1. The summed E-state index contributed by atoms with van der Waals surface area (Å²) in [7, 11) is 2.19. The van der Waals surface area contributed by atoms with Gasteiger partial charge in [-0.15, -0.1) is 11.3 Å². The molecule has 32 heavy (non-hydrogen) atoms. The summed E-state index contributed by atoms with van der Waals surface area (Å²) in [4.78, 5) is 19.9. The molecule has 1 saturated carbocycles. The molecule has 0 spiro atoms. The number of benzene rings is 1. The second-order valence-electron chi connectivity index (χ2n) is 9.69. The molecule has 1 aromatic heterocycles. The lowest BCUT2D eigenvalue weighted by Gasteiger charge is -2.30. The molecule has 6 heteroatoms. The number of likely N-dealkylation sites (tertiary alicyclic amines) is 1. The molecule has 0 N–H and O–H groups in total. The Labute approximate surface area is 195 Å². The highest BCUT2D eigenvalue weighted by molar-refractivity contribution is 7.15. The van der Waals surface area contributed by atoms with Crippen molar-refractivity contribution in [2.24, 2.45) is 11.8 Å². The fourth-order valence-corrected chi connectivity index (χ4v) is 5.90. The van der Waals surface area contributed by atoms with Gasteiger partial charge < -0.3 is 19.3 Å². The van der Waals surface area contributed by atoms with Crippen LogP contribution >= 0.6 is 11.3 Å². The van der Waals surface area contributed by atoms with Crippen LogP contribution in [0.25, 0.3) is 10.4 Å². The van der Waals surface area contributed by atoms with Crippen LogP contribution in [0.1, 0.15) is 42.5 Å². The Morgan fingerprint density at radius 1 is 1.19 bits per heavy atom. The number of ether oxygens (including phenoxy) is 2. The van der Waals surface area contributed by atoms with Crippen LogP contribution in [0.3, 0.4) is 0 Å². The van der Waals surface area contributed by atoms with Crippen LogP contribution in [0.15, 0.2) is 24.3 Å². The number of carbonyl (C=O) groups is 1. The van der Waals surface area contributed by atoms with Crippen molar-refractivity contribution in [3.8, 4) is 21.9 Å². The van der Waals surface area contributed by atoms with Gasteiger partial charge in [-0.1, -0.05) is 6.42 Å². The van der Waals surface area contributed by atoms with E-state index in [-0.39, 0.29) is 11.8 Å². The lowest BCUT2D eigenvalue weighted by molar-refractivity contribution is -0.138. The SMILES string of the molecule is Cc1ccc(-c2cc3c(c(OC[C@H]4CCCN(C)C4)c2)OCCN(C(=O)C2CCC2)C3)s1. The van der Waals surface area contributed by atoms with Crippen molar-refractivity contribution in [3.05, 3.63) is 34.7 Å². The first kappa shape index (κ1) is 21.8. The van der Waals surface area contributed by atoms with Crippen LogP contribution in [-0.2, 0) is 11.3 Å². The largest absolute Gasteiger partial charge is 0.489 e. The molecule has 5 nitrogen and oxygen atoms in total. The minimum atomic E-state index is 0.207. The Bertz CT molecular complexity index is 968. The van der Waals surface area contributed by atoms with E-state index in [1.165, 1.54) is 35.6 Å². The number of rotatable bonds is 5. The van der Waals surface area contributed by atoms with Crippen molar-refractivity contribution >= 4 is 17.2 Å². The van der Waals surface area contributed by atoms with E-state index in [4.69, 9.17) is 9.47 Å². The zero-order valence-electron chi connectivity index (χ0n) is 19.3. The molecule has 2 aromatic rings. The van der Waals surface area contributed by atoms with E-state index in [1.54, 1.807) is 11.3 Å². The summed E-state index contributed by atoms with van der Waals surface area (Å²) < 4.78 is 12.7. The van der Waals surface area contributed by atoms with E-state index in [9.17, 15) is 4.79 Å². The van der Waals surface area contributed by atoms with Gasteiger partial charge in [0, 0.05) is 40.2 Å². The molecule has 1 amide bonds. The van der Waals surface area contributed by atoms with Crippen LogP contribution in [0, 0.1) is 18.8 Å². The van der Waals surface area contributed by atoms with E-state index < -0.39 is 0 Å². The summed E-state index contributed by atoms with van der Waals surface area (Å²) >= 11 is 1.79. The highest BCUT2D eigenvalue weighted by atomic mass is 32.1. The Balaban J connectivity index is 1.43. The topological polar surface area (TPSA) is 42.0 Å². The molecule has 0 radical (unpaired) electrons. The van der Waals surface area contributed by atoms with E-state index >= 15 is 0 Å². The number of nitrogens with zero attached hydrogens (tertiary/aromatic N) is 2. The molecule has 2 fully saturated rings. The van der Waals surface area contributed by atoms with Gasteiger partial charge in [0.1, 0.15) is 6.61 Å². The molecule has 0 unspecified atom stereocenters. The number of thiophene rings is 1. The molecule has 0 bridgehead atoms. The number of fused-ring (bicyclic) bond motifs is 1. The van der Waals surface area contributed by atoms with Crippen LogP contribution < -0.4 is 9.47 Å². The quantitative estimate of drug-likeness (QED) is 0.640. The van der Waals surface area contributed by atoms with Gasteiger partial charge in [-0.25, -0.2) is 0 Å². The predicted molar refractivity (Wildman–Crippen MR) is 128 cm³/mol. The molecule has 1 atom stereocenters. The number of carbonyl (C=O) groups excluding carboxylic acids is 1. The average Bonchev–Trinajstić information content (AvgIpc) is 3.05. The predicted octanol–water partition coefficient (Wildman–Crippen LogP) is 4.97. The molecular formula is C26H34N2O3S. The number of hydrogen-bond donors (Lipinski definition) is 0. The van der Waals surface area contributed by atoms with Crippen molar-refractivity contribution in [1.29, 1.82) is 0 Å². The van der Waals surface area contributed by atoms with Gasteiger partial charge in [-0.2, -0.15) is 0 Å². The third kappa shape index (κ3) is 4.67. The van der Waals surface area contributed by atoms with Crippen molar-refractivity contribution in [3.63, 3.8) is 0 Å². The molecule has 2 aliphatic heterocycles. The fourth-order valence-electron chi connectivity index (χ4n) is 5.04. The monoisotopic (exact) mass is 454 g/mol. The van der Waals surface area contributed by atoms with Crippen molar-refractivity contribution < 1.29 is 14.3 Å². The first-order chi connectivity index (χ1) is 15.6. The Hall–Kier alpha value is -2.05. The van der Waals surface area contributed by atoms with Gasteiger partial charge in [0.2, 0.25) is 5.91 Å². The first-order valence-electron chi connectivity index (χ1n) is 12.0. The molecule has 172 valence electrons. The molecule has 1 saturated heterocycles. The van der Waals surface area contributed by atoms with Gasteiger partial charge in [-0.05, 0) is 76.0 Å². The maximum Gasteiger partial charge on any atom is 0.226 e. The van der Waals surface area contributed by atoms with Gasteiger partial charge in [0.25, 0.3) is 0 Å². The first-order valence-corrected chi connectivity index (χ1v) is 12.8. The lowest BCUT2D eigenvalue weighted by atomic mass is 9.84. The number of hydrogen-bond acceptors (Lipinski definition) is 5. The molecule has 1 aliphatic carbocycles. The molecule has 5 rings (SSSR count). The molecule has 1 aromatic carbocycles. The normalized spacial score (nSPS) is 21.9. The van der Waals surface area contributed by atoms with Gasteiger partial charge >= 0.3 is 0 Å². The minimum absolute atomic E-state index is 0.207. The standard InChI is InChI=1S/C26H34N2O3S/c1-18-8-9-24(32-18)21-13-22-16-28(26(29)20-6-3-7-20)11-12-30-25(22)23(14-21)31-17-19-5-4-10-27(2)15-19/h8-9,13-14,19-20H,3-7,10-12,15-17H2,1-2H3/t19-/m0/s1. The summed E-state index contributed by atoms with van der Waals surface area (Å²) in [6, 6.07) is 8.68. The summed E-state index contributed by atoms with van der Waals surface area (Å²) in [5.41, 5.74) is 2.22. The maximum atomic E-state index is 13.0. The number of amides is 1. The van der Waals surface area contributed by atoms with E-state index in [2.05, 4.69) is 43.1 Å². The third-order valence-corrected chi connectivity index (χ3v) is 8.14. The summed E-state index contributed by atoms with van der Waals surface area (Å²) in [6.07, 6.45) is 5.67. The Kier molecular flexibility index (Phi) is 6.42. The van der Waals surface area contributed by atoms with Crippen LogP contribution in [0.2, 0.25) is 0 Å². The van der Waals surface area contributed by atoms with Crippen LogP contribution in [0.4, 0.5) is 0 Å². The highest BCUT2D eigenvalue weighted by Crippen LogP contribution is 2.41. The second kappa shape index (κ2) is 9.44. The highest BCUT2D eigenvalue weighted by Gasteiger charge is 2.32. The minimum Gasteiger partial charge on any atom is -0.489 e. The molecule has 3 heterocycles. The zero-order chi connectivity index (χ0) is 22.1. The Morgan fingerprint density at radius 2 is 2.06 bits per heavy atom. The number of aryl methyl sites for hydroxylation is 1. The van der Waals surface area contributed by atoms with Gasteiger partial charge in [0.15, 0.2) is 11.5 Å². The number of piperidine rings is 1. The fraction of sp³-hybridized carbons (Fsp3) is 0.577. The third-order valence-electron chi connectivity index (χ3n) is 7.09. The van der Waals surface area contributed by atoms with Crippen molar-refractivity contribution in [2.75, 3.05) is 39.9 Å². The van der Waals surface area contributed by atoms with Crippen LogP contribution in [-0.4, -0.2) is 55.6 Å². The molecule has 3 aliphatic rings. The van der Waals surface area contributed by atoms with Gasteiger partial charge in [0.05, 0.1) is 13.2 Å². The second-order valence-corrected chi connectivity index (χ2v) is 11.0. The summed E-state index contributed by atoms with van der Waals surface area (Å²) in [5, 5.41) is 0. The average molecular weight is 455 g/mol. The molecular weight excluding hydrogens is 420 g/mol. The van der Waals surface area contributed by atoms with Gasteiger partial charge in [-0.3, -0.25) is 4.79 Å². The summed E-state index contributed by atoms with van der Waals surface area (Å²) in [5.74, 6) is 2.70.